The summed E-state index contributed by atoms with van der Waals surface area (Å²) >= 11 is 0. The number of aryl methyl sites for hydroxylation is 1. The molecule has 1 amide bonds. The van der Waals surface area contributed by atoms with E-state index in [1.807, 2.05) is 12.1 Å². The molecule has 1 aliphatic rings. The Kier molecular flexibility index (Phi) is 5.55. The number of likely N-dealkylation sites (N-methyl/N-ethyl adjacent to an activating group) is 1. The molecule has 0 spiro atoms. The summed E-state index contributed by atoms with van der Waals surface area (Å²) in [6.07, 6.45) is 2.47. The maximum absolute atomic E-state index is 12.3. The molecule has 1 heterocycles. The van der Waals surface area contributed by atoms with E-state index in [-0.39, 0.29) is 12.5 Å². The van der Waals surface area contributed by atoms with Crippen LogP contribution in [0.5, 0.6) is 0 Å². The highest BCUT2D eigenvalue weighted by Gasteiger charge is 2.32. The van der Waals surface area contributed by atoms with Gasteiger partial charge < -0.3 is 10.0 Å². The van der Waals surface area contributed by atoms with Crippen LogP contribution in [0.3, 0.4) is 0 Å². The number of aliphatic carboxylic acids is 1. The summed E-state index contributed by atoms with van der Waals surface area (Å²) in [6, 6.07) is 7.72. The number of rotatable bonds is 6. The smallest absolute Gasteiger partial charge is 0.320 e. The lowest BCUT2D eigenvalue weighted by atomic mass is 10.1. The van der Waals surface area contributed by atoms with Crippen molar-refractivity contribution in [2.24, 2.45) is 0 Å². The van der Waals surface area contributed by atoms with Crippen LogP contribution >= 0.6 is 0 Å². The zero-order valence-corrected chi connectivity index (χ0v) is 13.3. The zero-order chi connectivity index (χ0) is 16.1. The third-order valence-electron chi connectivity index (χ3n) is 4.26. The van der Waals surface area contributed by atoms with Crippen LogP contribution in [0.4, 0.5) is 0 Å². The molecule has 1 saturated heterocycles. The van der Waals surface area contributed by atoms with Crippen LogP contribution in [0.25, 0.3) is 0 Å². The molecule has 2 rings (SSSR count). The van der Waals surface area contributed by atoms with Crippen molar-refractivity contribution >= 4 is 11.9 Å². The Morgan fingerprint density at radius 2 is 1.91 bits per heavy atom. The lowest BCUT2D eigenvalue weighted by molar-refractivity contribution is -0.143. The number of carbonyl (C=O) groups excluding carboxylic acids is 1. The Morgan fingerprint density at radius 3 is 2.50 bits per heavy atom. The number of carboxylic acids is 1. The molecule has 5 nitrogen and oxygen atoms in total. The van der Waals surface area contributed by atoms with Gasteiger partial charge in [0.25, 0.3) is 0 Å². The average molecular weight is 304 g/mol. The highest BCUT2D eigenvalue weighted by atomic mass is 16.4. The summed E-state index contributed by atoms with van der Waals surface area (Å²) in [7, 11) is 1.77. The maximum atomic E-state index is 12.3. The molecule has 0 aliphatic carbocycles. The molecule has 1 aliphatic heterocycles. The predicted octanol–water partition coefficient (Wildman–Crippen LogP) is 1.76. The molecule has 0 unspecified atom stereocenters. The minimum Gasteiger partial charge on any atom is -0.480 e. The lowest BCUT2D eigenvalue weighted by Crippen LogP contribution is -2.43. The van der Waals surface area contributed by atoms with Crippen molar-refractivity contribution in [3.8, 4) is 0 Å². The number of amides is 1. The Hall–Kier alpha value is -1.88. The van der Waals surface area contributed by atoms with E-state index < -0.39 is 12.0 Å². The van der Waals surface area contributed by atoms with Crippen molar-refractivity contribution in [1.82, 2.24) is 9.80 Å². The first kappa shape index (κ1) is 16.5. The van der Waals surface area contributed by atoms with Crippen LogP contribution in [-0.2, 0) is 22.6 Å². The summed E-state index contributed by atoms with van der Waals surface area (Å²) in [4.78, 5) is 26.9. The number of carboxylic acid groups (broad SMARTS) is 1. The summed E-state index contributed by atoms with van der Waals surface area (Å²) < 4.78 is 0. The SMILES string of the molecule is CCc1ccc(CN(C)C(=O)CN2CCC[C@H]2C(=O)O)cc1. The molecule has 0 aromatic heterocycles. The maximum Gasteiger partial charge on any atom is 0.320 e. The van der Waals surface area contributed by atoms with Crippen molar-refractivity contribution in [3.63, 3.8) is 0 Å². The van der Waals surface area contributed by atoms with Gasteiger partial charge in [0, 0.05) is 13.6 Å². The van der Waals surface area contributed by atoms with Crippen LogP contribution in [0, 0.1) is 0 Å². The van der Waals surface area contributed by atoms with Gasteiger partial charge in [-0.1, -0.05) is 31.2 Å². The Morgan fingerprint density at radius 1 is 1.27 bits per heavy atom. The van der Waals surface area contributed by atoms with Crippen molar-refractivity contribution in [3.05, 3.63) is 35.4 Å². The van der Waals surface area contributed by atoms with Crippen molar-refractivity contribution in [2.45, 2.75) is 38.8 Å². The Bertz CT molecular complexity index is 527. The molecule has 0 radical (unpaired) electrons. The van der Waals surface area contributed by atoms with E-state index >= 15 is 0 Å². The number of hydrogen-bond donors (Lipinski definition) is 1. The molecule has 1 aromatic rings. The average Bonchev–Trinajstić information content (AvgIpc) is 2.96. The van der Waals surface area contributed by atoms with Crippen LogP contribution in [0.15, 0.2) is 24.3 Å². The number of benzene rings is 1. The predicted molar refractivity (Wildman–Crippen MR) is 84.5 cm³/mol. The topological polar surface area (TPSA) is 60.9 Å². The van der Waals surface area contributed by atoms with Gasteiger partial charge in [0.2, 0.25) is 5.91 Å². The Labute approximate surface area is 131 Å². The minimum atomic E-state index is -0.830. The van der Waals surface area contributed by atoms with E-state index in [0.717, 1.165) is 18.4 Å². The fraction of sp³-hybridized carbons (Fsp3) is 0.529. The second-order valence-corrected chi connectivity index (χ2v) is 5.89. The van der Waals surface area contributed by atoms with Gasteiger partial charge in [-0.15, -0.1) is 0 Å². The van der Waals surface area contributed by atoms with E-state index in [1.165, 1.54) is 5.56 Å². The summed E-state index contributed by atoms with van der Waals surface area (Å²) in [5.41, 5.74) is 2.36. The minimum absolute atomic E-state index is 0.0345. The molecule has 5 heteroatoms. The number of carbonyl (C=O) groups is 2. The van der Waals surface area contributed by atoms with E-state index in [0.29, 0.717) is 19.5 Å². The van der Waals surface area contributed by atoms with Crippen LogP contribution in [-0.4, -0.2) is 53.0 Å². The summed E-state index contributed by atoms with van der Waals surface area (Å²) in [5.74, 6) is -0.865. The Balaban J connectivity index is 1.90. The molecule has 1 N–H and O–H groups in total. The second-order valence-electron chi connectivity index (χ2n) is 5.89. The molecule has 1 fully saturated rings. The molecule has 1 atom stereocenters. The molecular formula is C17H24N2O3. The number of hydrogen-bond acceptors (Lipinski definition) is 3. The second kappa shape index (κ2) is 7.40. The highest BCUT2D eigenvalue weighted by molar-refractivity contribution is 5.80. The van der Waals surface area contributed by atoms with Gasteiger partial charge in [-0.25, -0.2) is 0 Å². The van der Waals surface area contributed by atoms with Crippen molar-refractivity contribution in [2.75, 3.05) is 20.1 Å². The van der Waals surface area contributed by atoms with Gasteiger partial charge in [-0.3, -0.25) is 14.5 Å². The third kappa shape index (κ3) is 4.07. The largest absolute Gasteiger partial charge is 0.480 e. The summed E-state index contributed by atoms with van der Waals surface area (Å²) in [5, 5.41) is 9.15. The number of likely N-dealkylation sites (tertiary alicyclic amines) is 1. The van der Waals surface area contributed by atoms with E-state index in [9.17, 15) is 9.59 Å². The first-order valence-electron chi connectivity index (χ1n) is 7.80. The van der Waals surface area contributed by atoms with Crippen LogP contribution in [0.2, 0.25) is 0 Å². The fourth-order valence-electron chi connectivity index (χ4n) is 2.83. The fourth-order valence-corrected chi connectivity index (χ4v) is 2.83. The van der Waals surface area contributed by atoms with Gasteiger partial charge in [-0.2, -0.15) is 0 Å². The van der Waals surface area contributed by atoms with Gasteiger partial charge in [0.1, 0.15) is 6.04 Å². The molecular weight excluding hydrogens is 280 g/mol. The zero-order valence-electron chi connectivity index (χ0n) is 13.3. The van der Waals surface area contributed by atoms with E-state index in [4.69, 9.17) is 5.11 Å². The quantitative estimate of drug-likeness (QED) is 0.870. The van der Waals surface area contributed by atoms with Crippen LogP contribution < -0.4 is 0 Å². The highest BCUT2D eigenvalue weighted by Crippen LogP contribution is 2.17. The van der Waals surface area contributed by atoms with Crippen LogP contribution in [0.1, 0.15) is 30.9 Å². The van der Waals surface area contributed by atoms with Gasteiger partial charge in [-0.05, 0) is 36.9 Å². The standard InChI is InChI=1S/C17H24N2O3/c1-3-13-6-8-14(9-7-13)11-18(2)16(20)12-19-10-4-5-15(19)17(21)22/h6-9,15H,3-5,10-12H2,1-2H3,(H,21,22)/t15-/m0/s1. The van der Waals surface area contributed by atoms with E-state index in [1.54, 1.807) is 16.8 Å². The van der Waals surface area contributed by atoms with Gasteiger partial charge in [0.05, 0.1) is 6.54 Å². The first-order valence-corrected chi connectivity index (χ1v) is 7.80. The third-order valence-corrected chi connectivity index (χ3v) is 4.26. The summed E-state index contributed by atoms with van der Waals surface area (Å²) in [6.45, 7) is 3.52. The molecule has 120 valence electrons. The monoisotopic (exact) mass is 304 g/mol. The van der Waals surface area contributed by atoms with Gasteiger partial charge in [0.15, 0.2) is 0 Å². The van der Waals surface area contributed by atoms with E-state index in [2.05, 4.69) is 19.1 Å². The lowest BCUT2D eigenvalue weighted by Gasteiger charge is -2.24. The normalized spacial score (nSPS) is 18.4. The number of nitrogens with zero attached hydrogens (tertiary/aromatic N) is 2. The first-order chi connectivity index (χ1) is 10.5. The molecule has 22 heavy (non-hydrogen) atoms. The molecule has 0 saturated carbocycles. The molecule has 1 aromatic carbocycles. The van der Waals surface area contributed by atoms with Crippen molar-refractivity contribution < 1.29 is 14.7 Å². The van der Waals surface area contributed by atoms with Gasteiger partial charge >= 0.3 is 5.97 Å². The van der Waals surface area contributed by atoms with Crippen molar-refractivity contribution in [1.29, 1.82) is 0 Å². The molecule has 0 bridgehead atoms.